The van der Waals surface area contributed by atoms with Crippen molar-refractivity contribution in [3.8, 4) is 0 Å². The van der Waals surface area contributed by atoms with Crippen LogP contribution in [0.4, 0.5) is 0 Å². The minimum Gasteiger partial charge on any atom is -0.330 e. The summed E-state index contributed by atoms with van der Waals surface area (Å²) >= 11 is 1.79. The summed E-state index contributed by atoms with van der Waals surface area (Å²) in [6.45, 7) is 9.70. The van der Waals surface area contributed by atoms with Crippen molar-refractivity contribution < 1.29 is 0 Å². The van der Waals surface area contributed by atoms with Crippen LogP contribution in [0.15, 0.2) is 10.8 Å². The lowest BCUT2D eigenvalue weighted by molar-refractivity contribution is 0.302. The second kappa shape index (κ2) is 7.14. The number of hydrogen-bond donors (Lipinski definition) is 2. The minimum absolute atomic E-state index is 0.398. The van der Waals surface area contributed by atoms with Crippen molar-refractivity contribution in [3.63, 3.8) is 0 Å². The average Bonchev–Trinajstić information content (AvgIpc) is 2.63. The summed E-state index contributed by atoms with van der Waals surface area (Å²) in [6.07, 6.45) is 3.60. The van der Waals surface area contributed by atoms with E-state index in [2.05, 4.69) is 36.8 Å². The molecule has 1 heterocycles. The molecule has 0 unspecified atom stereocenters. The SMILES string of the molecule is Cc1cscc1CNCCCC(C)(C)CCN. The molecule has 1 aromatic heterocycles. The quantitative estimate of drug-likeness (QED) is 0.699. The van der Waals surface area contributed by atoms with E-state index < -0.39 is 0 Å². The Kier molecular flexibility index (Phi) is 6.17. The molecule has 0 atom stereocenters. The summed E-state index contributed by atoms with van der Waals surface area (Å²) in [5, 5.41) is 7.97. The predicted octanol–water partition coefficient (Wildman–Crippen LogP) is 3.30. The highest BCUT2D eigenvalue weighted by Crippen LogP contribution is 2.25. The smallest absolute Gasteiger partial charge is 0.0216 e. The van der Waals surface area contributed by atoms with E-state index in [9.17, 15) is 0 Å². The first-order valence-corrected chi connectivity index (χ1v) is 7.42. The number of nitrogens with one attached hydrogen (secondary N) is 1. The lowest BCUT2D eigenvalue weighted by atomic mass is 9.84. The summed E-state index contributed by atoms with van der Waals surface area (Å²) in [4.78, 5) is 0. The van der Waals surface area contributed by atoms with Crippen LogP contribution < -0.4 is 11.1 Å². The Morgan fingerprint density at radius 3 is 2.65 bits per heavy atom. The van der Waals surface area contributed by atoms with Gasteiger partial charge in [0, 0.05) is 6.54 Å². The van der Waals surface area contributed by atoms with Crippen LogP contribution in [0.5, 0.6) is 0 Å². The van der Waals surface area contributed by atoms with Crippen LogP contribution in [0, 0.1) is 12.3 Å². The monoisotopic (exact) mass is 254 g/mol. The van der Waals surface area contributed by atoms with Gasteiger partial charge in [-0.1, -0.05) is 13.8 Å². The highest BCUT2D eigenvalue weighted by atomic mass is 32.1. The first-order valence-electron chi connectivity index (χ1n) is 6.47. The Bertz CT molecular complexity index is 318. The van der Waals surface area contributed by atoms with Crippen molar-refractivity contribution in [1.82, 2.24) is 5.32 Å². The Morgan fingerprint density at radius 2 is 2.06 bits per heavy atom. The molecular formula is C14H26N2S. The molecule has 0 aliphatic rings. The Morgan fingerprint density at radius 1 is 1.29 bits per heavy atom. The third-order valence-electron chi connectivity index (χ3n) is 3.31. The molecule has 98 valence electrons. The molecule has 0 bridgehead atoms. The molecule has 0 amide bonds. The van der Waals surface area contributed by atoms with Gasteiger partial charge in [-0.15, -0.1) is 0 Å². The van der Waals surface area contributed by atoms with Gasteiger partial charge in [-0.25, -0.2) is 0 Å². The first-order chi connectivity index (χ1) is 8.05. The number of nitrogens with two attached hydrogens (primary N) is 1. The maximum Gasteiger partial charge on any atom is 0.0216 e. The Labute approximate surface area is 110 Å². The molecule has 0 aromatic carbocycles. The van der Waals surface area contributed by atoms with E-state index in [1.807, 2.05) is 0 Å². The second-order valence-corrected chi connectivity index (χ2v) is 6.31. The number of hydrogen-bond acceptors (Lipinski definition) is 3. The fraction of sp³-hybridized carbons (Fsp3) is 0.714. The first kappa shape index (κ1) is 14.7. The van der Waals surface area contributed by atoms with E-state index >= 15 is 0 Å². The molecule has 1 rings (SSSR count). The van der Waals surface area contributed by atoms with E-state index in [1.54, 1.807) is 11.3 Å². The zero-order chi connectivity index (χ0) is 12.7. The summed E-state index contributed by atoms with van der Waals surface area (Å²) in [7, 11) is 0. The maximum absolute atomic E-state index is 5.61. The molecule has 0 radical (unpaired) electrons. The lowest BCUT2D eigenvalue weighted by Crippen LogP contribution is -2.20. The van der Waals surface area contributed by atoms with Crippen molar-refractivity contribution in [2.45, 2.75) is 46.6 Å². The van der Waals surface area contributed by atoms with Gasteiger partial charge in [0.25, 0.3) is 0 Å². The third kappa shape index (κ3) is 5.66. The van der Waals surface area contributed by atoms with Crippen molar-refractivity contribution in [2.75, 3.05) is 13.1 Å². The van der Waals surface area contributed by atoms with Gasteiger partial charge < -0.3 is 11.1 Å². The summed E-state index contributed by atoms with van der Waals surface area (Å²) in [5.74, 6) is 0. The largest absolute Gasteiger partial charge is 0.330 e. The summed E-state index contributed by atoms with van der Waals surface area (Å²) in [5.41, 5.74) is 8.86. The van der Waals surface area contributed by atoms with Crippen LogP contribution >= 0.6 is 11.3 Å². The molecule has 3 heteroatoms. The Hall–Kier alpha value is -0.380. The van der Waals surface area contributed by atoms with Crippen molar-refractivity contribution in [1.29, 1.82) is 0 Å². The molecule has 0 spiro atoms. The molecule has 1 aromatic rings. The number of thiophene rings is 1. The van der Waals surface area contributed by atoms with Crippen molar-refractivity contribution in [2.24, 2.45) is 11.1 Å². The molecule has 3 N–H and O–H groups in total. The molecule has 2 nitrogen and oxygen atoms in total. The highest BCUT2D eigenvalue weighted by molar-refractivity contribution is 7.08. The Balaban J connectivity index is 2.11. The predicted molar refractivity (Wildman–Crippen MR) is 77.4 cm³/mol. The molecule has 17 heavy (non-hydrogen) atoms. The van der Waals surface area contributed by atoms with Crippen LogP contribution in [0.2, 0.25) is 0 Å². The topological polar surface area (TPSA) is 38.0 Å². The van der Waals surface area contributed by atoms with E-state index in [0.29, 0.717) is 5.41 Å². The van der Waals surface area contributed by atoms with Crippen molar-refractivity contribution in [3.05, 3.63) is 21.9 Å². The molecule has 0 saturated carbocycles. The van der Waals surface area contributed by atoms with Gasteiger partial charge in [0.2, 0.25) is 0 Å². The van der Waals surface area contributed by atoms with E-state index in [-0.39, 0.29) is 0 Å². The molecule has 0 aliphatic carbocycles. The van der Waals surface area contributed by atoms with Gasteiger partial charge in [0.05, 0.1) is 0 Å². The van der Waals surface area contributed by atoms with Crippen LogP contribution in [-0.2, 0) is 6.54 Å². The van der Waals surface area contributed by atoms with Gasteiger partial charge in [-0.05, 0) is 66.6 Å². The van der Waals surface area contributed by atoms with Gasteiger partial charge in [-0.2, -0.15) is 11.3 Å². The summed E-state index contributed by atoms with van der Waals surface area (Å²) < 4.78 is 0. The summed E-state index contributed by atoms with van der Waals surface area (Å²) in [6, 6.07) is 0. The third-order valence-corrected chi connectivity index (χ3v) is 4.22. The van der Waals surface area contributed by atoms with Gasteiger partial charge in [-0.3, -0.25) is 0 Å². The van der Waals surface area contributed by atoms with Crippen LogP contribution in [-0.4, -0.2) is 13.1 Å². The molecular weight excluding hydrogens is 228 g/mol. The average molecular weight is 254 g/mol. The van der Waals surface area contributed by atoms with Crippen LogP contribution in [0.3, 0.4) is 0 Å². The zero-order valence-corrected chi connectivity index (χ0v) is 12.2. The van der Waals surface area contributed by atoms with E-state index in [0.717, 1.165) is 26.1 Å². The molecule has 0 aliphatic heterocycles. The van der Waals surface area contributed by atoms with Crippen LogP contribution in [0.25, 0.3) is 0 Å². The zero-order valence-electron chi connectivity index (χ0n) is 11.4. The highest BCUT2D eigenvalue weighted by Gasteiger charge is 2.15. The van der Waals surface area contributed by atoms with Gasteiger partial charge >= 0.3 is 0 Å². The fourth-order valence-corrected chi connectivity index (χ4v) is 2.86. The number of rotatable bonds is 8. The molecule has 0 saturated heterocycles. The second-order valence-electron chi connectivity index (χ2n) is 5.56. The maximum atomic E-state index is 5.61. The van der Waals surface area contributed by atoms with E-state index in [1.165, 1.54) is 24.0 Å². The number of aryl methyl sites for hydroxylation is 1. The van der Waals surface area contributed by atoms with Crippen LogP contribution in [0.1, 0.15) is 44.2 Å². The lowest BCUT2D eigenvalue weighted by Gasteiger charge is -2.23. The van der Waals surface area contributed by atoms with E-state index in [4.69, 9.17) is 5.73 Å². The standard InChI is InChI=1S/C14H26N2S/c1-12-10-17-11-13(12)9-16-8-4-5-14(2,3)6-7-15/h10-11,16H,4-9,15H2,1-3H3. The van der Waals surface area contributed by atoms with Gasteiger partial charge in [0.15, 0.2) is 0 Å². The molecule has 0 fully saturated rings. The van der Waals surface area contributed by atoms with Crippen molar-refractivity contribution >= 4 is 11.3 Å². The minimum atomic E-state index is 0.398. The fourth-order valence-electron chi connectivity index (χ4n) is 2.00. The van der Waals surface area contributed by atoms with Gasteiger partial charge in [0.1, 0.15) is 0 Å². The normalized spacial score (nSPS) is 12.0.